The summed E-state index contributed by atoms with van der Waals surface area (Å²) >= 11 is 0. The number of amidine groups is 1. The number of hydrogen-bond donors (Lipinski definition) is 2. The van der Waals surface area contributed by atoms with Crippen molar-refractivity contribution in [3.8, 4) is 0 Å². The normalized spacial score (nSPS) is 17.9. The maximum Gasteiger partial charge on any atom is 0.0975 e. The summed E-state index contributed by atoms with van der Waals surface area (Å²) < 4.78 is 0. The van der Waals surface area contributed by atoms with Gasteiger partial charge in [0, 0.05) is 26.1 Å². The molecule has 1 aliphatic rings. The zero-order valence-electron chi connectivity index (χ0n) is 6.48. The minimum Gasteiger partial charge on any atom is -0.374 e. The molecule has 0 aromatic rings. The molecule has 1 rings (SSSR count). The summed E-state index contributed by atoms with van der Waals surface area (Å²) in [6.45, 7) is 3.13. The Hall–Kier alpha value is -0.570. The van der Waals surface area contributed by atoms with Gasteiger partial charge in [0.15, 0.2) is 0 Å². The highest BCUT2D eigenvalue weighted by Crippen LogP contribution is 1.91. The van der Waals surface area contributed by atoms with Crippen LogP contribution in [0.2, 0.25) is 0 Å². The third-order valence-corrected chi connectivity index (χ3v) is 1.58. The fraction of sp³-hybridized carbons (Fsp3) is 0.857. The summed E-state index contributed by atoms with van der Waals surface area (Å²) in [6.07, 6.45) is 2.22. The molecule has 3 heteroatoms. The quantitative estimate of drug-likeness (QED) is 0.580. The average Bonchev–Trinajstić information content (AvgIpc) is 2.03. The van der Waals surface area contributed by atoms with E-state index in [4.69, 9.17) is 0 Å². The molecule has 0 aromatic heterocycles. The summed E-state index contributed by atoms with van der Waals surface area (Å²) in [4.78, 5) is 4.33. The number of rotatable bonds is 3. The molecule has 58 valence electrons. The van der Waals surface area contributed by atoms with E-state index in [0.29, 0.717) is 0 Å². The van der Waals surface area contributed by atoms with Gasteiger partial charge in [-0.3, -0.25) is 4.99 Å². The minimum absolute atomic E-state index is 1.01. The second-order valence-electron chi connectivity index (χ2n) is 2.46. The van der Waals surface area contributed by atoms with E-state index >= 15 is 0 Å². The lowest BCUT2D eigenvalue weighted by atomic mass is 10.3. The van der Waals surface area contributed by atoms with E-state index in [1.54, 1.807) is 0 Å². The average molecular weight is 141 g/mol. The summed E-state index contributed by atoms with van der Waals surface area (Å²) in [5.41, 5.74) is 0. The summed E-state index contributed by atoms with van der Waals surface area (Å²) in [5.74, 6) is 1.17. The molecule has 0 unspecified atom stereocenters. The molecule has 0 aromatic carbocycles. The van der Waals surface area contributed by atoms with Crippen LogP contribution in [0.1, 0.15) is 12.8 Å². The van der Waals surface area contributed by atoms with E-state index in [1.807, 2.05) is 7.05 Å². The Morgan fingerprint density at radius 2 is 2.60 bits per heavy atom. The van der Waals surface area contributed by atoms with Crippen molar-refractivity contribution in [1.29, 1.82) is 0 Å². The van der Waals surface area contributed by atoms with Crippen LogP contribution in [0.4, 0.5) is 0 Å². The van der Waals surface area contributed by atoms with Crippen LogP contribution in [0.5, 0.6) is 0 Å². The first-order valence-corrected chi connectivity index (χ1v) is 3.85. The van der Waals surface area contributed by atoms with Gasteiger partial charge in [-0.1, -0.05) is 0 Å². The second kappa shape index (κ2) is 4.28. The SMILES string of the molecule is CNCCC1=NCCCN1. The molecular weight excluding hydrogens is 126 g/mol. The largest absolute Gasteiger partial charge is 0.374 e. The molecule has 0 spiro atoms. The second-order valence-corrected chi connectivity index (χ2v) is 2.46. The van der Waals surface area contributed by atoms with Gasteiger partial charge in [-0.05, 0) is 13.5 Å². The molecule has 0 saturated carbocycles. The first kappa shape index (κ1) is 7.54. The van der Waals surface area contributed by atoms with Crippen molar-refractivity contribution in [3.05, 3.63) is 0 Å². The molecule has 1 aliphatic heterocycles. The van der Waals surface area contributed by atoms with Crippen molar-refractivity contribution in [3.63, 3.8) is 0 Å². The van der Waals surface area contributed by atoms with Crippen LogP contribution < -0.4 is 10.6 Å². The molecule has 3 nitrogen and oxygen atoms in total. The maximum absolute atomic E-state index is 4.33. The van der Waals surface area contributed by atoms with Crippen molar-refractivity contribution < 1.29 is 0 Å². The summed E-state index contributed by atoms with van der Waals surface area (Å²) in [6, 6.07) is 0. The number of hydrogen-bond acceptors (Lipinski definition) is 3. The van der Waals surface area contributed by atoms with Crippen LogP contribution in [0.3, 0.4) is 0 Å². The molecule has 0 aliphatic carbocycles. The summed E-state index contributed by atoms with van der Waals surface area (Å²) in [7, 11) is 1.96. The highest BCUT2D eigenvalue weighted by Gasteiger charge is 2.01. The highest BCUT2D eigenvalue weighted by molar-refractivity contribution is 5.82. The fourth-order valence-corrected chi connectivity index (χ4v) is 0.992. The zero-order chi connectivity index (χ0) is 7.23. The monoisotopic (exact) mass is 141 g/mol. The Labute approximate surface area is 61.9 Å². The molecule has 1 heterocycles. The highest BCUT2D eigenvalue weighted by atomic mass is 15.0. The molecule has 0 atom stereocenters. The Morgan fingerprint density at radius 1 is 1.70 bits per heavy atom. The molecule has 0 radical (unpaired) electrons. The summed E-state index contributed by atoms with van der Waals surface area (Å²) in [5, 5.41) is 6.36. The Bertz CT molecular complexity index is 120. The minimum atomic E-state index is 1.01. The lowest BCUT2D eigenvalue weighted by molar-refractivity contribution is 0.710. The van der Waals surface area contributed by atoms with Crippen LogP contribution in [-0.4, -0.2) is 32.5 Å². The first-order chi connectivity index (χ1) is 4.93. The van der Waals surface area contributed by atoms with E-state index in [0.717, 1.165) is 26.1 Å². The topological polar surface area (TPSA) is 36.4 Å². The fourth-order valence-electron chi connectivity index (χ4n) is 0.992. The van der Waals surface area contributed by atoms with Gasteiger partial charge in [0.25, 0.3) is 0 Å². The van der Waals surface area contributed by atoms with E-state index in [1.165, 1.54) is 12.3 Å². The third-order valence-electron chi connectivity index (χ3n) is 1.58. The van der Waals surface area contributed by atoms with Crippen LogP contribution in [0, 0.1) is 0 Å². The Kier molecular flexibility index (Phi) is 3.22. The van der Waals surface area contributed by atoms with E-state index in [2.05, 4.69) is 15.6 Å². The van der Waals surface area contributed by atoms with Crippen molar-refractivity contribution in [2.75, 3.05) is 26.7 Å². The van der Waals surface area contributed by atoms with E-state index < -0.39 is 0 Å². The van der Waals surface area contributed by atoms with Crippen LogP contribution in [-0.2, 0) is 0 Å². The van der Waals surface area contributed by atoms with Crippen molar-refractivity contribution in [2.24, 2.45) is 4.99 Å². The molecule has 0 amide bonds. The van der Waals surface area contributed by atoms with Crippen molar-refractivity contribution in [2.45, 2.75) is 12.8 Å². The standard InChI is InChI=1S/C7H15N3/c1-8-6-3-7-9-4-2-5-10-7/h8H,2-6H2,1H3,(H,9,10). The van der Waals surface area contributed by atoms with Gasteiger partial charge in [-0.25, -0.2) is 0 Å². The van der Waals surface area contributed by atoms with Crippen LogP contribution in [0.25, 0.3) is 0 Å². The predicted molar refractivity (Wildman–Crippen MR) is 43.5 cm³/mol. The smallest absolute Gasteiger partial charge is 0.0975 e. The van der Waals surface area contributed by atoms with Gasteiger partial charge in [0.1, 0.15) is 0 Å². The van der Waals surface area contributed by atoms with Crippen molar-refractivity contribution in [1.82, 2.24) is 10.6 Å². The van der Waals surface area contributed by atoms with Crippen LogP contribution >= 0.6 is 0 Å². The van der Waals surface area contributed by atoms with Gasteiger partial charge in [-0.2, -0.15) is 0 Å². The van der Waals surface area contributed by atoms with Crippen molar-refractivity contribution >= 4 is 5.84 Å². The third kappa shape index (κ3) is 2.35. The lowest BCUT2D eigenvalue weighted by Gasteiger charge is -2.13. The molecule has 0 bridgehead atoms. The molecule has 0 saturated heterocycles. The Balaban J connectivity index is 2.18. The predicted octanol–water partition coefficient (Wildman–Crippen LogP) is -0.0123. The number of nitrogens with one attached hydrogen (secondary N) is 2. The molecular formula is C7H15N3. The zero-order valence-corrected chi connectivity index (χ0v) is 6.48. The van der Waals surface area contributed by atoms with Gasteiger partial charge < -0.3 is 10.6 Å². The maximum atomic E-state index is 4.33. The molecule has 0 fully saturated rings. The van der Waals surface area contributed by atoms with E-state index in [-0.39, 0.29) is 0 Å². The van der Waals surface area contributed by atoms with Gasteiger partial charge >= 0.3 is 0 Å². The number of aliphatic imine (C=N–C) groups is 1. The Morgan fingerprint density at radius 3 is 3.20 bits per heavy atom. The molecule has 10 heavy (non-hydrogen) atoms. The van der Waals surface area contributed by atoms with Gasteiger partial charge in [0.2, 0.25) is 0 Å². The number of nitrogens with zero attached hydrogens (tertiary/aromatic N) is 1. The van der Waals surface area contributed by atoms with Gasteiger partial charge in [-0.15, -0.1) is 0 Å². The van der Waals surface area contributed by atoms with Crippen LogP contribution in [0.15, 0.2) is 4.99 Å². The van der Waals surface area contributed by atoms with Gasteiger partial charge in [0.05, 0.1) is 5.84 Å². The lowest BCUT2D eigenvalue weighted by Crippen LogP contribution is -2.31. The van der Waals surface area contributed by atoms with E-state index in [9.17, 15) is 0 Å². The first-order valence-electron chi connectivity index (χ1n) is 3.85. The molecule has 2 N–H and O–H groups in total.